The van der Waals surface area contributed by atoms with Crippen molar-refractivity contribution in [3.63, 3.8) is 0 Å². The lowest BCUT2D eigenvalue weighted by molar-refractivity contribution is -0.135. The number of aromatic nitrogens is 2. The molecule has 5 heteroatoms. The lowest BCUT2D eigenvalue weighted by Crippen LogP contribution is -2.08. The molecule has 58 valence electrons. The van der Waals surface area contributed by atoms with Crippen LogP contribution in [-0.2, 0) is 4.79 Å². The van der Waals surface area contributed by atoms with Crippen LogP contribution in [0, 0.1) is 0 Å². The van der Waals surface area contributed by atoms with Crippen LogP contribution in [0.25, 0.3) is 0 Å². The van der Waals surface area contributed by atoms with Gasteiger partial charge in [-0.3, -0.25) is 9.59 Å². The summed E-state index contributed by atoms with van der Waals surface area (Å²) >= 11 is 0. The molecule has 2 N–H and O–H groups in total. The van der Waals surface area contributed by atoms with Crippen LogP contribution in [0.1, 0.15) is 17.0 Å². The highest BCUT2D eigenvalue weighted by molar-refractivity contribution is 6.03. The van der Waals surface area contributed by atoms with Crippen LogP contribution in [0.2, 0.25) is 0 Å². The minimum Gasteiger partial charge on any atom is -0.481 e. The Morgan fingerprint density at radius 2 is 2.36 bits per heavy atom. The molecule has 1 rings (SSSR count). The normalized spacial score (nSPS) is 9.45. The lowest BCUT2D eigenvalue weighted by atomic mass is 10.3. The average Bonchev–Trinajstić information content (AvgIpc) is 2.35. The van der Waals surface area contributed by atoms with E-state index in [1.807, 2.05) is 0 Å². The molecule has 1 aromatic rings. The second kappa shape index (κ2) is 2.96. The van der Waals surface area contributed by atoms with Crippen molar-refractivity contribution in [1.82, 2.24) is 9.97 Å². The van der Waals surface area contributed by atoms with Gasteiger partial charge in [0.2, 0.25) is 5.78 Å². The second-order valence-electron chi connectivity index (χ2n) is 1.93. The summed E-state index contributed by atoms with van der Waals surface area (Å²) in [6, 6.07) is 0. The molecule has 0 saturated carbocycles. The first-order valence-corrected chi connectivity index (χ1v) is 2.94. The summed E-state index contributed by atoms with van der Waals surface area (Å²) in [4.78, 5) is 27.0. The van der Waals surface area contributed by atoms with Crippen molar-refractivity contribution in [3.8, 4) is 0 Å². The minimum absolute atomic E-state index is 0.0902. The molecular formula is C6H6N2O3. The summed E-state index contributed by atoms with van der Waals surface area (Å²) in [6.45, 7) is 0. The quantitative estimate of drug-likeness (QED) is 0.476. The average molecular weight is 154 g/mol. The van der Waals surface area contributed by atoms with Crippen LogP contribution in [-0.4, -0.2) is 26.8 Å². The zero-order chi connectivity index (χ0) is 8.27. The third-order valence-electron chi connectivity index (χ3n) is 1.07. The van der Waals surface area contributed by atoms with E-state index < -0.39 is 18.2 Å². The maximum Gasteiger partial charge on any atom is 0.311 e. The number of aliphatic carboxylic acids is 1. The number of rotatable bonds is 3. The van der Waals surface area contributed by atoms with E-state index in [0.29, 0.717) is 0 Å². The van der Waals surface area contributed by atoms with E-state index in [9.17, 15) is 9.59 Å². The number of nitrogens with zero attached hydrogens (tertiary/aromatic N) is 1. The summed E-state index contributed by atoms with van der Waals surface area (Å²) in [7, 11) is 0. The first-order valence-electron chi connectivity index (χ1n) is 2.94. The van der Waals surface area contributed by atoms with E-state index in [-0.39, 0.29) is 5.82 Å². The van der Waals surface area contributed by atoms with Gasteiger partial charge in [0.25, 0.3) is 0 Å². The number of hydrogen-bond donors (Lipinski definition) is 2. The Labute approximate surface area is 62.1 Å². The number of hydrogen-bond acceptors (Lipinski definition) is 3. The van der Waals surface area contributed by atoms with Crippen LogP contribution < -0.4 is 0 Å². The van der Waals surface area contributed by atoms with E-state index in [1.165, 1.54) is 12.4 Å². The molecule has 0 atom stereocenters. The Morgan fingerprint density at radius 1 is 1.64 bits per heavy atom. The van der Waals surface area contributed by atoms with Crippen molar-refractivity contribution in [2.45, 2.75) is 6.42 Å². The Balaban J connectivity index is 2.64. The molecule has 0 aliphatic carbocycles. The number of Topliss-reactive ketones (excluding diaryl/α,β-unsaturated/α-hetero) is 1. The van der Waals surface area contributed by atoms with Gasteiger partial charge in [0, 0.05) is 12.4 Å². The first-order chi connectivity index (χ1) is 5.20. The van der Waals surface area contributed by atoms with Crippen molar-refractivity contribution in [2.24, 2.45) is 0 Å². The van der Waals surface area contributed by atoms with Crippen LogP contribution in [0.3, 0.4) is 0 Å². The van der Waals surface area contributed by atoms with E-state index in [1.54, 1.807) is 0 Å². The van der Waals surface area contributed by atoms with Crippen molar-refractivity contribution in [2.75, 3.05) is 0 Å². The molecule has 0 fully saturated rings. The Bertz CT molecular complexity index is 265. The zero-order valence-electron chi connectivity index (χ0n) is 5.57. The predicted octanol–water partition coefficient (Wildman–Crippen LogP) is 0.0671. The number of ketones is 1. The van der Waals surface area contributed by atoms with Gasteiger partial charge in [-0.1, -0.05) is 0 Å². The predicted molar refractivity (Wildman–Crippen MR) is 35.2 cm³/mol. The molecule has 1 aromatic heterocycles. The molecule has 5 nitrogen and oxygen atoms in total. The Hall–Kier alpha value is -1.65. The molecular weight excluding hydrogens is 148 g/mol. The number of carbonyl (C=O) groups is 2. The molecule has 0 saturated heterocycles. The maximum atomic E-state index is 10.8. The molecule has 0 aliphatic heterocycles. The van der Waals surface area contributed by atoms with Crippen molar-refractivity contribution in [1.29, 1.82) is 0 Å². The van der Waals surface area contributed by atoms with Gasteiger partial charge >= 0.3 is 5.97 Å². The van der Waals surface area contributed by atoms with Gasteiger partial charge in [0.05, 0.1) is 0 Å². The summed E-state index contributed by atoms with van der Waals surface area (Å²) < 4.78 is 0. The van der Waals surface area contributed by atoms with Crippen LogP contribution >= 0.6 is 0 Å². The molecule has 0 bridgehead atoms. The summed E-state index contributed by atoms with van der Waals surface area (Å²) in [6.07, 6.45) is 2.34. The molecule has 11 heavy (non-hydrogen) atoms. The minimum atomic E-state index is -1.15. The maximum absolute atomic E-state index is 10.8. The largest absolute Gasteiger partial charge is 0.481 e. The van der Waals surface area contributed by atoms with Crippen LogP contribution in [0.15, 0.2) is 12.4 Å². The van der Waals surface area contributed by atoms with Gasteiger partial charge < -0.3 is 10.1 Å². The van der Waals surface area contributed by atoms with E-state index >= 15 is 0 Å². The number of H-pyrrole nitrogens is 1. The molecule has 0 amide bonds. The SMILES string of the molecule is O=C(O)CC(=O)c1ncc[nH]1. The van der Waals surface area contributed by atoms with Gasteiger partial charge in [-0.05, 0) is 0 Å². The highest BCUT2D eigenvalue weighted by Crippen LogP contribution is 1.94. The van der Waals surface area contributed by atoms with Crippen molar-refractivity contribution < 1.29 is 14.7 Å². The lowest BCUT2D eigenvalue weighted by Gasteiger charge is -1.89. The van der Waals surface area contributed by atoms with Gasteiger partial charge in [0.15, 0.2) is 5.82 Å². The van der Waals surface area contributed by atoms with Gasteiger partial charge in [-0.2, -0.15) is 0 Å². The fourth-order valence-corrected chi connectivity index (χ4v) is 0.639. The van der Waals surface area contributed by atoms with Crippen molar-refractivity contribution in [3.05, 3.63) is 18.2 Å². The molecule has 0 aromatic carbocycles. The van der Waals surface area contributed by atoms with E-state index in [2.05, 4.69) is 9.97 Å². The fourth-order valence-electron chi connectivity index (χ4n) is 0.639. The molecule has 0 aliphatic rings. The highest BCUT2D eigenvalue weighted by atomic mass is 16.4. The monoisotopic (exact) mass is 154 g/mol. The smallest absolute Gasteiger partial charge is 0.311 e. The van der Waals surface area contributed by atoms with Gasteiger partial charge in [-0.15, -0.1) is 0 Å². The number of carbonyl (C=O) groups excluding carboxylic acids is 1. The van der Waals surface area contributed by atoms with E-state index in [0.717, 1.165) is 0 Å². The molecule has 0 spiro atoms. The summed E-state index contributed by atoms with van der Waals surface area (Å²) in [5.74, 6) is -1.57. The Morgan fingerprint density at radius 3 is 2.82 bits per heavy atom. The van der Waals surface area contributed by atoms with Gasteiger partial charge in [-0.25, -0.2) is 4.98 Å². The van der Waals surface area contributed by atoms with Crippen LogP contribution in [0.5, 0.6) is 0 Å². The topological polar surface area (TPSA) is 83.0 Å². The second-order valence-corrected chi connectivity index (χ2v) is 1.93. The fraction of sp³-hybridized carbons (Fsp3) is 0.167. The summed E-state index contributed by atoms with van der Waals surface area (Å²) in [5, 5.41) is 8.22. The number of carboxylic acids is 1. The number of nitrogens with one attached hydrogen (secondary N) is 1. The number of imidazole rings is 1. The number of aromatic amines is 1. The van der Waals surface area contributed by atoms with Gasteiger partial charge in [0.1, 0.15) is 6.42 Å². The van der Waals surface area contributed by atoms with Crippen molar-refractivity contribution >= 4 is 11.8 Å². The van der Waals surface area contributed by atoms with Crippen LogP contribution in [0.4, 0.5) is 0 Å². The molecule has 1 heterocycles. The zero-order valence-corrected chi connectivity index (χ0v) is 5.57. The number of carboxylic acid groups (broad SMARTS) is 1. The standard InChI is InChI=1S/C6H6N2O3/c9-4(3-5(10)11)6-7-1-2-8-6/h1-2H,3H2,(H,7,8)(H,10,11). The first kappa shape index (κ1) is 7.46. The highest BCUT2D eigenvalue weighted by Gasteiger charge is 2.11. The Kier molecular flexibility index (Phi) is 2.00. The van der Waals surface area contributed by atoms with E-state index in [4.69, 9.17) is 5.11 Å². The molecule has 0 radical (unpaired) electrons. The third-order valence-corrected chi connectivity index (χ3v) is 1.07. The third kappa shape index (κ3) is 1.89. The molecule has 0 unspecified atom stereocenters. The summed E-state index contributed by atoms with van der Waals surface area (Å²) in [5.41, 5.74) is 0.